The molecular weight excluding hydrogens is 92.1 g/mol. The van der Waals surface area contributed by atoms with Crippen LogP contribution in [0.2, 0.25) is 0 Å². The Morgan fingerprint density at radius 2 is 2.14 bits per heavy atom. The van der Waals surface area contributed by atoms with Crippen molar-refractivity contribution in [1.29, 1.82) is 0 Å². The van der Waals surface area contributed by atoms with Crippen molar-refractivity contribution in [2.45, 2.75) is 6.92 Å². The first-order chi connectivity index (χ1) is 3.43. The molecule has 0 aromatic rings. The molecule has 7 heavy (non-hydrogen) atoms. The highest BCUT2D eigenvalue weighted by Gasteiger charge is 2.14. The van der Waals surface area contributed by atoms with Crippen molar-refractivity contribution in [2.75, 3.05) is 0 Å². The van der Waals surface area contributed by atoms with Gasteiger partial charge in [0.1, 0.15) is 0 Å². The Labute approximate surface area is 42.0 Å². The van der Waals surface area contributed by atoms with Crippen LogP contribution in [-0.4, -0.2) is 0 Å². The fourth-order valence-electron chi connectivity index (χ4n) is 0.254. The van der Waals surface area contributed by atoms with Gasteiger partial charge in [0, 0.05) is 6.08 Å². The van der Waals surface area contributed by atoms with Crippen LogP contribution >= 0.6 is 0 Å². The zero-order valence-corrected chi connectivity index (χ0v) is 4.05. The van der Waals surface area contributed by atoms with Gasteiger partial charge in [-0.3, -0.25) is 0 Å². The second kappa shape index (κ2) is 1.69. The largest absolute Gasteiger partial charge is 0.379 e. The molecule has 0 atom stereocenters. The van der Waals surface area contributed by atoms with Gasteiger partial charge in [-0.25, -0.2) is 9.78 Å². The van der Waals surface area contributed by atoms with Crippen LogP contribution in [0.5, 0.6) is 0 Å². The van der Waals surface area contributed by atoms with E-state index in [4.69, 9.17) is 0 Å². The zero-order chi connectivity index (χ0) is 5.11. The molecule has 0 saturated carbocycles. The van der Waals surface area contributed by atoms with Gasteiger partial charge in [0.15, 0.2) is 0 Å². The van der Waals surface area contributed by atoms with Crippen LogP contribution in [-0.2, 0) is 9.78 Å². The lowest BCUT2D eigenvalue weighted by Gasteiger charge is -1.56. The third-order valence-electron chi connectivity index (χ3n) is 0.604. The van der Waals surface area contributed by atoms with Crippen LogP contribution in [0.1, 0.15) is 6.92 Å². The maximum atomic E-state index is 4.32. The molecule has 38 valence electrons. The number of allylic oxidation sites excluding steroid dienone is 3. The summed E-state index contributed by atoms with van der Waals surface area (Å²) in [6.45, 7) is 1.93. The second-order valence-corrected chi connectivity index (χ2v) is 1.18. The summed E-state index contributed by atoms with van der Waals surface area (Å²) in [6.07, 6.45) is 5.50. The molecule has 0 bridgehead atoms. The Morgan fingerprint density at radius 3 is 2.57 bits per heavy atom. The normalized spacial score (nSPS) is 15.9. The Bertz CT molecular complexity index is 107. The van der Waals surface area contributed by atoms with E-state index in [1.54, 1.807) is 6.08 Å². The first-order valence-corrected chi connectivity index (χ1v) is 2.11. The average molecular weight is 98.1 g/mol. The molecule has 0 N–H and O–H groups in total. The predicted molar refractivity (Wildman–Crippen MR) is 25.1 cm³/mol. The Balaban J connectivity index is 2.31. The predicted octanol–water partition coefficient (Wildman–Crippen LogP) is 1.37. The molecule has 1 aliphatic rings. The first-order valence-electron chi connectivity index (χ1n) is 2.11. The summed E-state index contributed by atoms with van der Waals surface area (Å²) in [5.41, 5.74) is 0. The smallest absolute Gasteiger partial charge is 0.242 e. The lowest BCUT2D eigenvalue weighted by Crippen LogP contribution is -1.44. The molecule has 1 aliphatic heterocycles. The summed E-state index contributed by atoms with van der Waals surface area (Å²) in [7, 11) is 0. The minimum atomic E-state index is 0.595. The molecule has 2 nitrogen and oxygen atoms in total. The number of rotatable bonds is 1. The summed E-state index contributed by atoms with van der Waals surface area (Å²) in [5.74, 6) is 0.595. The van der Waals surface area contributed by atoms with Crippen LogP contribution in [0.25, 0.3) is 0 Å². The molecule has 0 radical (unpaired) electrons. The average Bonchev–Trinajstić information content (AvgIpc) is 2.42. The minimum Gasteiger partial charge on any atom is -0.242 e. The van der Waals surface area contributed by atoms with E-state index in [9.17, 15) is 0 Å². The molecule has 0 aromatic heterocycles. The highest BCUT2D eigenvalue weighted by molar-refractivity contribution is 5.04. The molecule has 1 heterocycles. The Morgan fingerprint density at radius 1 is 1.43 bits per heavy atom. The third kappa shape index (κ3) is 1.30. The monoisotopic (exact) mass is 98.0 g/mol. The van der Waals surface area contributed by atoms with E-state index in [0.29, 0.717) is 5.95 Å². The third-order valence-corrected chi connectivity index (χ3v) is 0.604. The van der Waals surface area contributed by atoms with Gasteiger partial charge in [-0.15, -0.1) is 0 Å². The van der Waals surface area contributed by atoms with Crippen molar-refractivity contribution >= 4 is 0 Å². The number of hydrogen-bond acceptors (Lipinski definition) is 2. The van der Waals surface area contributed by atoms with Crippen molar-refractivity contribution in [3.05, 3.63) is 24.2 Å². The Hall–Kier alpha value is -0.920. The fraction of sp³-hybridized carbons (Fsp3) is 0.200. The maximum absolute atomic E-state index is 4.32. The highest BCUT2D eigenvalue weighted by atomic mass is 17.4. The van der Waals surface area contributed by atoms with Gasteiger partial charge in [0.2, 0.25) is 0 Å². The molecular formula is C5H6O2. The lowest BCUT2D eigenvalue weighted by atomic mass is 10.5. The van der Waals surface area contributed by atoms with E-state index in [1.807, 2.05) is 19.1 Å². The van der Waals surface area contributed by atoms with Crippen LogP contribution in [0.3, 0.4) is 0 Å². The SMILES string of the molecule is C/C=C/C=C1OO1. The summed E-state index contributed by atoms with van der Waals surface area (Å²) in [5, 5.41) is 0. The van der Waals surface area contributed by atoms with Crippen molar-refractivity contribution in [1.82, 2.24) is 0 Å². The molecule has 1 saturated heterocycles. The van der Waals surface area contributed by atoms with E-state index in [0.717, 1.165) is 0 Å². The van der Waals surface area contributed by atoms with Crippen LogP contribution < -0.4 is 0 Å². The van der Waals surface area contributed by atoms with Crippen LogP contribution in [0, 0.1) is 0 Å². The van der Waals surface area contributed by atoms with Gasteiger partial charge < -0.3 is 0 Å². The molecule has 1 fully saturated rings. The van der Waals surface area contributed by atoms with Crippen molar-refractivity contribution in [3.8, 4) is 0 Å². The molecule has 0 aromatic carbocycles. The van der Waals surface area contributed by atoms with E-state index in [-0.39, 0.29) is 0 Å². The maximum Gasteiger partial charge on any atom is 0.379 e. The van der Waals surface area contributed by atoms with E-state index < -0.39 is 0 Å². The summed E-state index contributed by atoms with van der Waals surface area (Å²) >= 11 is 0. The highest BCUT2D eigenvalue weighted by Crippen LogP contribution is 2.15. The molecule has 0 spiro atoms. The minimum absolute atomic E-state index is 0.595. The Kier molecular flexibility index (Phi) is 1.02. The van der Waals surface area contributed by atoms with Gasteiger partial charge in [0.05, 0.1) is 0 Å². The van der Waals surface area contributed by atoms with Gasteiger partial charge in [-0.1, -0.05) is 12.2 Å². The quantitative estimate of drug-likeness (QED) is 0.365. The van der Waals surface area contributed by atoms with Crippen LogP contribution in [0.4, 0.5) is 0 Å². The van der Waals surface area contributed by atoms with Gasteiger partial charge >= 0.3 is 5.95 Å². The molecule has 0 amide bonds. The zero-order valence-electron chi connectivity index (χ0n) is 4.05. The second-order valence-electron chi connectivity index (χ2n) is 1.18. The van der Waals surface area contributed by atoms with E-state index in [2.05, 4.69) is 9.78 Å². The fourth-order valence-corrected chi connectivity index (χ4v) is 0.254. The summed E-state index contributed by atoms with van der Waals surface area (Å²) in [6, 6.07) is 0. The van der Waals surface area contributed by atoms with Crippen molar-refractivity contribution < 1.29 is 9.78 Å². The van der Waals surface area contributed by atoms with Gasteiger partial charge in [0.25, 0.3) is 0 Å². The first kappa shape index (κ1) is 4.24. The summed E-state index contributed by atoms with van der Waals surface area (Å²) in [4.78, 5) is 8.64. The lowest BCUT2D eigenvalue weighted by molar-refractivity contribution is 0.0850. The molecule has 0 unspecified atom stereocenters. The van der Waals surface area contributed by atoms with Gasteiger partial charge in [-0.2, -0.15) is 0 Å². The van der Waals surface area contributed by atoms with E-state index >= 15 is 0 Å². The van der Waals surface area contributed by atoms with Crippen LogP contribution in [0.15, 0.2) is 24.2 Å². The molecule has 1 rings (SSSR count). The number of hydrogen-bond donors (Lipinski definition) is 0. The summed E-state index contributed by atoms with van der Waals surface area (Å²) < 4.78 is 0. The topological polar surface area (TPSA) is 25.1 Å². The van der Waals surface area contributed by atoms with E-state index in [1.165, 1.54) is 0 Å². The van der Waals surface area contributed by atoms with Crippen molar-refractivity contribution in [3.63, 3.8) is 0 Å². The standard InChI is InChI=1S/C5H6O2/c1-2-3-4-5-6-7-5/h2-4H,1H3/b3-2+. The van der Waals surface area contributed by atoms with Gasteiger partial charge in [-0.05, 0) is 6.92 Å². The molecule has 2 heteroatoms. The van der Waals surface area contributed by atoms with Crippen molar-refractivity contribution in [2.24, 2.45) is 0 Å². The molecule has 0 aliphatic carbocycles.